The molecule has 0 fully saturated rings. The van der Waals surface area contributed by atoms with Gasteiger partial charge in [-0.15, -0.1) is 0 Å². The molecule has 0 N–H and O–H groups in total. The van der Waals surface area contributed by atoms with E-state index in [4.69, 9.17) is 0 Å². The van der Waals surface area contributed by atoms with E-state index in [1.165, 1.54) is 38.2 Å². The molecule has 34 heavy (non-hydrogen) atoms. The maximum absolute atomic E-state index is 12.5. The Hall–Kier alpha value is -2.69. The monoisotopic (exact) mass is 473 g/mol. The zero-order valence-electron chi connectivity index (χ0n) is 22.2. The minimum Gasteiger partial charge on any atom is -0.262 e. The first-order valence-electron chi connectivity index (χ1n) is 12.3. The van der Waals surface area contributed by atoms with Gasteiger partial charge in [0.1, 0.15) is 6.67 Å². The second-order valence-corrected chi connectivity index (χ2v) is 7.25. The Morgan fingerprint density at radius 1 is 1.15 bits per heavy atom. The van der Waals surface area contributed by atoms with Crippen LogP contribution in [0, 0.1) is 5.92 Å². The zero-order valence-corrected chi connectivity index (χ0v) is 22.2. The topological polar surface area (TPSA) is 37.6 Å². The lowest BCUT2D eigenvalue weighted by atomic mass is 9.92. The van der Waals surface area contributed by atoms with Crippen LogP contribution in [0.1, 0.15) is 84.9 Å². The number of halogens is 2. The smallest absolute Gasteiger partial charge is 0.116 e. The molecule has 1 aromatic rings. The van der Waals surface area contributed by atoms with E-state index in [-0.39, 0.29) is 12.6 Å². The average molecular weight is 474 g/mol. The molecule has 0 spiro atoms. The fourth-order valence-electron chi connectivity index (χ4n) is 2.73. The summed E-state index contributed by atoms with van der Waals surface area (Å²) in [5.74, 6) is 0.123. The number of unbranched alkanes of at least 4 members (excludes halogenated alkanes) is 3. The maximum atomic E-state index is 12.5. The Morgan fingerprint density at radius 3 is 2.32 bits per heavy atom. The van der Waals surface area contributed by atoms with Gasteiger partial charge in [0.05, 0.1) is 18.1 Å². The van der Waals surface area contributed by atoms with Crippen molar-refractivity contribution in [2.45, 2.75) is 80.3 Å². The van der Waals surface area contributed by atoms with Gasteiger partial charge in [0.15, 0.2) is 0 Å². The van der Waals surface area contributed by atoms with E-state index in [0.29, 0.717) is 5.56 Å². The Kier molecular flexibility index (Phi) is 23.1. The second-order valence-electron chi connectivity index (χ2n) is 7.25. The molecule has 0 saturated carbocycles. The highest BCUT2D eigenvalue weighted by molar-refractivity contribution is 6.35. The van der Waals surface area contributed by atoms with Gasteiger partial charge in [-0.05, 0) is 32.8 Å². The third-order valence-electron chi connectivity index (χ3n) is 4.62. The maximum Gasteiger partial charge on any atom is 0.116 e. The molecule has 0 amide bonds. The van der Waals surface area contributed by atoms with Gasteiger partial charge in [-0.1, -0.05) is 83.9 Å². The first-order valence-corrected chi connectivity index (χ1v) is 12.3. The van der Waals surface area contributed by atoms with Gasteiger partial charge < -0.3 is 0 Å². The summed E-state index contributed by atoms with van der Waals surface area (Å²) >= 11 is 0. The lowest BCUT2D eigenvalue weighted by Gasteiger charge is -2.17. The fourth-order valence-corrected chi connectivity index (χ4v) is 2.73. The van der Waals surface area contributed by atoms with Gasteiger partial charge >= 0.3 is 0 Å². The lowest BCUT2D eigenvalue weighted by Crippen LogP contribution is -2.17. The largest absolute Gasteiger partial charge is 0.262 e. The SMILES string of the molecule is C/C=C\N=C1C=NC=C(c2ccc(CF)cn2)C1C.C=CC(=C)CCCCCC.CC.CCF. The van der Waals surface area contributed by atoms with Crippen molar-refractivity contribution in [3.8, 4) is 0 Å². The van der Waals surface area contributed by atoms with Crippen molar-refractivity contribution >= 4 is 17.5 Å². The van der Waals surface area contributed by atoms with E-state index in [9.17, 15) is 8.78 Å². The van der Waals surface area contributed by atoms with Crippen LogP contribution in [0.25, 0.3) is 5.57 Å². The number of aliphatic imine (C=N–C) groups is 2. The predicted molar refractivity (Wildman–Crippen MR) is 148 cm³/mol. The van der Waals surface area contributed by atoms with Crippen molar-refractivity contribution in [3.63, 3.8) is 0 Å². The van der Waals surface area contributed by atoms with Crippen molar-refractivity contribution in [2.24, 2.45) is 15.9 Å². The van der Waals surface area contributed by atoms with Crippen LogP contribution in [-0.2, 0) is 6.67 Å². The molecule has 5 heteroatoms. The third kappa shape index (κ3) is 15.2. The fraction of sp³-hybridized carbons (Fsp3) is 0.483. The molecular weight excluding hydrogens is 428 g/mol. The molecule has 1 aromatic heterocycles. The summed E-state index contributed by atoms with van der Waals surface area (Å²) in [5.41, 5.74) is 4.47. The van der Waals surface area contributed by atoms with E-state index >= 15 is 0 Å². The lowest BCUT2D eigenvalue weighted by molar-refractivity contribution is 0.484. The molecule has 0 radical (unpaired) electrons. The molecule has 2 heterocycles. The Morgan fingerprint density at radius 2 is 1.82 bits per heavy atom. The first kappa shape index (κ1) is 33.5. The van der Waals surface area contributed by atoms with Gasteiger partial charge in [-0.2, -0.15) is 0 Å². The molecule has 0 bridgehead atoms. The second kappa shape index (κ2) is 23.5. The van der Waals surface area contributed by atoms with Crippen molar-refractivity contribution in [1.82, 2.24) is 4.98 Å². The summed E-state index contributed by atoms with van der Waals surface area (Å²) < 4.78 is 22.8. The van der Waals surface area contributed by atoms with Crippen molar-refractivity contribution in [2.75, 3.05) is 6.67 Å². The molecule has 0 aliphatic carbocycles. The van der Waals surface area contributed by atoms with Crippen molar-refractivity contribution < 1.29 is 8.78 Å². The zero-order chi connectivity index (χ0) is 26.2. The van der Waals surface area contributed by atoms with Gasteiger partial charge in [-0.25, -0.2) is 4.39 Å². The molecule has 190 valence electrons. The molecule has 1 aliphatic rings. The molecule has 1 unspecified atom stereocenters. The quantitative estimate of drug-likeness (QED) is 0.260. The molecule has 2 rings (SSSR count). The number of rotatable bonds is 9. The minimum absolute atomic E-state index is 0.123. The molecule has 3 nitrogen and oxygen atoms in total. The first-order chi connectivity index (χ1) is 16.5. The van der Waals surface area contributed by atoms with Gasteiger partial charge in [0.2, 0.25) is 0 Å². The number of nitrogens with zero attached hydrogens (tertiary/aromatic N) is 3. The molecule has 0 aromatic carbocycles. The number of pyridine rings is 1. The van der Waals surface area contributed by atoms with Crippen LogP contribution < -0.4 is 0 Å². The number of hydrogen-bond acceptors (Lipinski definition) is 3. The Balaban J connectivity index is 0. The summed E-state index contributed by atoms with van der Waals surface area (Å²) in [6.45, 7) is 18.4. The van der Waals surface area contributed by atoms with E-state index in [1.54, 1.807) is 30.9 Å². The minimum atomic E-state index is -0.492. The van der Waals surface area contributed by atoms with Gasteiger partial charge in [-0.3, -0.25) is 19.4 Å². The predicted octanol–water partition coefficient (Wildman–Crippen LogP) is 9.29. The number of alkyl halides is 2. The number of allylic oxidation sites excluding steroid dienone is 4. The number of aromatic nitrogens is 1. The van der Waals surface area contributed by atoms with Crippen molar-refractivity contribution in [1.29, 1.82) is 0 Å². The summed E-state index contributed by atoms with van der Waals surface area (Å²) in [6, 6.07) is 3.57. The van der Waals surface area contributed by atoms with Crippen LogP contribution in [0.15, 0.2) is 71.6 Å². The van der Waals surface area contributed by atoms with E-state index in [0.717, 1.165) is 23.4 Å². The summed E-state index contributed by atoms with van der Waals surface area (Å²) in [6.07, 6.45) is 17.0. The standard InChI is InChI=1S/C15H16FN3.C10H18.C2H5F.C2H6/c1-3-6-18-15-10-17-9-13(11(15)2)14-5-4-12(7-16)8-19-14;1-4-6-7-8-9-10(3)5-2;1-2-3;1-2/h3-6,8-11H,7H2,1-2H3;5H,2-4,6-9H2,1H3;2H2,1H3;1-2H3/b6-3-,18-15?;;;. The summed E-state index contributed by atoms with van der Waals surface area (Å²) in [5, 5.41) is 0. The molecular formula is C29H45F2N3. The summed E-state index contributed by atoms with van der Waals surface area (Å²) in [7, 11) is 0. The highest BCUT2D eigenvalue weighted by atomic mass is 19.1. The molecule has 1 atom stereocenters. The summed E-state index contributed by atoms with van der Waals surface area (Å²) in [4.78, 5) is 12.8. The van der Waals surface area contributed by atoms with Gasteiger partial charge in [0, 0.05) is 41.9 Å². The Labute approximate surface area is 207 Å². The highest BCUT2D eigenvalue weighted by Crippen LogP contribution is 2.25. The van der Waals surface area contributed by atoms with Crippen LogP contribution in [0.2, 0.25) is 0 Å². The number of hydrogen-bond donors (Lipinski definition) is 0. The van der Waals surface area contributed by atoms with Crippen LogP contribution in [0.5, 0.6) is 0 Å². The highest BCUT2D eigenvalue weighted by Gasteiger charge is 2.19. The normalized spacial score (nSPS) is 15.2. The molecule has 1 aliphatic heterocycles. The Bertz CT molecular complexity index is 775. The van der Waals surface area contributed by atoms with Gasteiger partial charge in [0.25, 0.3) is 0 Å². The third-order valence-corrected chi connectivity index (χ3v) is 4.62. The van der Waals surface area contributed by atoms with E-state index in [1.807, 2.05) is 39.0 Å². The van der Waals surface area contributed by atoms with Crippen LogP contribution in [0.4, 0.5) is 8.78 Å². The van der Waals surface area contributed by atoms with E-state index < -0.39 is 6.67 Å². The molecule has 0 saturated heterocycles. The average Bonchev–Trinajstić information content (AvgIpc) is 2.88. The van der Waals surface area contributed by atoms with Crippen molar-refractivity contribution in [3.05, 3.63) is 72.9 Å². The van der Waals surface area contributed by atoms with Crippen LogP contribution >= 0.6 is 0 Å². The van der Waals surface area contributed by atoms with Crippen LogP contribution in [-0.4, -0.2) is 23.6 Å². The van der Waals surface area contributed by atoms with E-state index in [2.05, 4.69) is 42.0 Å². The van der Waals surface area contributed by atoms with Crippen LogP contribution in [0.3, 0.4) is 0 Å².